The lowest BCUT2D eigenvalue weighted by Crippen LogP contribution is -2.64. The van der Waals surface area contributed by atoms with E-state index in [1.54, 1.807) is 11.1 Å². The van der Waals surface area contributed by atoms with Crippen LogP contribution in [0.5, 0.6) is 0 Å². The quantitative estimate of drug-likeness (QED) is 0.726. The summed E-state index contributed by atoms with van der Waals surface area (Å²) in [6.07, 6.45) is 6.02. The fourth-order valence-electron chi connectivity index (χ4n) is 4.82. The number of carbonyl (C=O) groups is 2. The lowest BCUT2D eigenvalue weighted by Gasteiger charge is -2.44. The van der Waals surface area contributed by atoms with Crippen LogP contribution in [-0.4, -0.2) is 37.8 Å². The van der Waals surface area contributed by atoms with Gasteiger partial charge in [0.25, 0.3) is 5.91 Å². The molecule has 1 aliphatic carbocycles. The van der Waals surface area contributed by atoms with E-state index in [0.717, 1.165) is 42.3 Å². The van der Waals surface area contributed by atoms with Crippen LogP contribution in [0.3, 0.4) is 0 Å². The predicted molar refractivity (Wildman–Crippen MR) is 115 cm³/mol. The molecule has 0 spiro atoms. The van der Waals surface area contributed by atoms with Crippen molar-refractivity contribution >= 4 is 22.7 Å². The SMILES string of the molecule is CC1(C(=O)NC2CCCC2)Cn2c(cc3ccccc32)C(=O)N1Cc1ccccn1. The summed E-state index contributed by atoms with van der Waals surface area (Å²) in [5.74, 6) is -0.214. The van der Waals surface area contributed by atoms with Crippen LogP contribution in [0.4, 0.5) is 0 Å². The molecule has 2 aliphatic rings. The van der Waals surface area contributed by atoms with Gasteiger partial charge >= 0.3 is 0 Å². The Hall–Kier alpha value is -3.15. The van der Waals surface area contributed by atoms with Gasteiger partial charge in [-0.25, -0.2) is 0 Å². The van der Waals surface area contributed by atoms with Gasteiger partial charge in [-0.15, -0.1) is 0 Å². The first-order valence-electron chi connectivity index (χ1n) is 10.7. The van der Waals surface area contributed by atoms with Gasteiger partial charge in [0.2, 0.25) is 5.91 Å². The first kappa shape index (κ1) is 18.9. The molecule has 6 nitrogen and oxygen atoms in total. The Kier molecular flexibility index (Phi) is 4.57. The molecule has 3 heterocycles. The number of carbonyl (C=O) groups excluding carboxylic acids is 2. The Labute approximate surface area is 175 Å². The first-order valence-corrected chi connectivity index (χ1v) is 10.7. The van der Waals surface area contributed by atoms with E-state index in [2.05, 4.69) is 10.3 Å². The molecule has 2 amide bonds. The Morgan fingerprint density at radius 2 is 1.93 bits per heavy atom. The molecule has 1 aromatic carbocycles. The van der Waals surface area contributed by atoms with Crippen LogP contribution >= 0.6 is 0 Å². The third-order valence-corrected chi connectivity index (χ3v) is 6.56. The number of nitrogens with zero attached hydrogens (tertiary/aromatic N) is 3. The number of rotatable bonds is 4. The van der Waals surface area contributed by atoms with Gasteiger partial charge < -0.3 is 14.8 Å². The van der Waals surface area contributed by atoms with E-state index in [1.807, 2.05) is 60.0 Å². The first-order chi connectivity index (χ1) is 14.6. The normalized spacial score (nSPS) is 21.8. The van der Waals surface area contributed by atoms with Crippen LogP contribution in [0.1, 0.15) is 48.8 Å². The van der Waals surface area contributed by atoms with Crippen molar-refractivity contribution in [3.63, 3.8) is 0 Å². The molecular weight excluding hydrogens is 376 g/mol. The highest BCUT2D eigenvalue weighted by Gasteiger charge is 2.48. The molecule has 2 aromatic heterocycles. The topological polar surface area (TPSA) is 67.2 Å². The van der Waals surface area contributed by atoms with E-state index < -0.39 is 5.54 Å². The van der Waals surface area contributed by atoms with Crippen molar-refractivity contribution in [2.45, 2.75) is 57.3 Å². The minimum atomic E-state index is -0.994. The zero-order valence-electron chi connectivity index (χ0n) is 17.2. The van der Waals surface area contributed by atoms with Crippen LogP contribution in [0.25, 0.3) is 10.9 Å². The fraction of sp³-hybridized carbons (Fsp3) is 0.375. The van der Waals surface area contributed by atoms with E-state index in [0.29, 0.717) is 18.8 Å². The Morgan fingerprint density at radius 3 is 2.70 bits per heavy atom. The highest BCUT2D eigenvalue weighted by atomic mass is 16.2. The number of amides is 2. The summed E-state index contributed by atoms with van der Waals surface area (Å²) < 4.78 is 2.00. The maximum Gasteiger partial charge on any atom is 0.271 e. The average Bonchev–Trinajstić information content (AvgIpc) is 3.40. The number of hydrogen-bond donors (Lipinski definition) is 1. The Bertz CT molecular complexity index is 1100. The van der Waals surface area contributed by atoms with Crippen LogP contribution in [0, 0.1) is 0 Å². The lowest BCUT2D eigenvalue weighted by molar-refractivity contribution is -0.133. The molecule has 154 valence electrons. The maximum atomic E-state index is 13.6. The zero-order valence-corrected chi connectivity index (χ0v) is 17.2. The third-order valence-electron chi connectivity index (χ3n) is 6.56. The largest absolute Gasteiger partial charge is 0.351 e. The molecule has 0 saturated heterocycles. The van der Waals surface area contributed by atoms with Gasteiger partial charge in [0.15, 0.2) is 0 Å². The summed E-state index contributed by atoms with van der Waals surface area (Å²) in [6, 6.07) is 15.7. The summed E-state index contributed by atoms with van der Waals surface area (Å²) in [5.41, 5.74) is 1.39. The van der Waals surface area contributed by atoms with Crippen LogP contribution in [0.2, 0.25) is 0 Å². The minimum absolute atomic E-state index is 0.0814. The minimum Gasteiger partial charge on any atom is -0.351 e. The number of para-hydroxylation sites is 1. The monoisotopic (exact) mass is 402 g/mol. The van der Waals surface area contributed by atoms with Crippen molar-refractivity contribution in [2.24, 2.45) is 0 Å². The van der Waals surface area contributed by atoms with E-state index in [-0.39, 0.29) is 17.9 Å². The van der Waals surface area contributed by atoms with E-state index in [9.17, 15) is 9.59 Å². The van der Waals surface area contributed by atoms with Gasteiger partial charge in [0.05, 0.1) is 18.8 Å². The molecule has 1 aliphatic heterocycles. The summed E-state index contributed by atoms with van der Waals surface area (Å²) in [7, 11) is 0. The molecule has 6 heteroatoms. The summed E-state index contributed by atoms with van der Waals surface area (Å²) in [4.78, 5) is 33.3. The van der Waals surface area contributed by atoms with E-state index in [1.165, 1.54) is 0 Å². The van der Waals surface area contributed by atoms with Gasteiger partial charge in [0, 0.05) is 23.1 Å². The molecule has 1 unspecified atom stereocenters. The fourth-order valence-corrected chi connectivity index (χ4v) is 4.82. The van der Waals surface area contributed by atoms with Gasteiger partial charge in [0.1, 0.15) is 11.2 Å². The molecule has 0 radical (unpaired) electrons. The number of pyridine rings is 1. The molecule has 5 rings (SSSR count). The standard InChI is InChI=1S/C24H26N4O2/c1-24(23(30)26-18-9-3-4-10-18)16-27-20-12-5-2-8-17(20)14-21(27)22(29)28(24)15-19-11-6-7-13-25-19/h2,5-8,11-14,18H,3-4,9-10,15-16H2,1H3,(H,26,30). The highest BCUT2D eigenvalue weighted by molar-refractivity contribution is 6.03. The molecule has 1 fully saturated rings. The molecule has 1 N–H and O–H groups in total. The number of aromatic nitrogens is 2. The zero-order chi connectivity index (χ0) is 20.7. The smallest absolute Gasteiger partial charge is 0.271 e. The molecule has 0 bridgehead atoms. The second kappa shape index (κ2) is 7.27. The van der Waals surface area contributed by atoms with Gasteiger partial charge in [-0.3, -0.25) is 14.6 Å². The van der Waals surface area contributed by atoms with Crippen molar-refractivity contribution < 1.29 is 9.59 Å². The number of nitrogens with one attached hydrogen (secondary N) is 1. The molecular formula is C24H26N4O2. The average molecular weight is 402 g/mol. The Balaban J connectivity index is 1.57. The van der Waals surface area contributed by atoms with Crippen molar-refractivity contribution in [3.8, 4) is 0 Å². The van der Waals surface area contributed by atoms with Crippen molar-refractivity contribution in [1.82, 2.24) is 19.8 Å². The summed E-state index contributed by atoms with van der Waals surface area (Å²) in [5, 5.41) is 4.24. The molecule has 3 aromatic rings. The maximum absolute atomic E-state index is 13.6. The summed E-state index contributed by atoms with van der Waals surface area (Å²) in [6.45, 7) is 2.61. The predicted octanol–water partition coefficient (Wildman–Crippen LogP) is 3.51. The van der Waals surface area contributed by atoms with E-state index >= 15 is 0 Å². The van der Waals surface area contributed by atoms with E-state index in [4.69, 9.17) is 0 Å². The van der Waals surface area contributed by atoms with Crippen molar-refractivity contribution in [1.29, 1.82) is 0 Å². The second-order valence-electron chi connectivity index (χ2n) is 8.62. The van der Waals surface area contributed by atoms with Gasteiger partial charge in [-0.05, 0) is 44.0 Å². The third kappa shape index (κ3) is 3.07. The molecule has 1 saturated carbocycles. The Morgan fingerprint density at radius 1 is 1.17 bits per heavy atom. The number of fused-ring (bicyclic) bond motifs is 3. The van der Waals surface area contributed by atoms with Crippen LogP contribution in [0.15, 0.2) is 54.7 Å². The van der Waals surface area contributed by atoms with Gasteiger partial charge in [-0.2, -0.15) is 0 Å². The second-order valence-corrected chi connectivity index (χ2v) is 8.62. The van der Waals surface area contributed by atoms with Crippen LogP contribution in [-0.2, 0) is 17.9 Å². The van der Waals surface area contributed by atoms with Gasteiger partial charge in [-0.1, -0.05) is 37.1 Å². The van der Waals surface area contributed by atoms with Crippen molar-refractivity contribution in [3.05, 3.63) is 66.1 Å². The van der Waals surface area contributed by atoms with Crippen molar-refractivity contribution in [2.75, 3.05) is 0 Å². The molecule has 30 heavy (non-hydrogen) atoms. The number of hydrogen-bond acceptors (Lipinski definition) is 3. The highest BCUT2D eigenvalue weighted by Crippen LogP contribution is 2.33. The lowest BCUT2D eigenvalue weighted by atomic mass is 9.93. The van der Waals surface area contributed by atoms with Crippen LogP contribution < -0.4 is 5.32 Å². The molecule has 1 atom stereocenters. The summed E-state index contributed by atoms with van der Waals surface area (Å²) >= 11 is 0. The number of benzene rings is 1.